The van der Waals surface area contributed by atoms with Gasteiger partial charge in [0.25, 0.3) is 0 Å². The van der Waals surface area contributed by atoms with Crippen molar-refractivity contribution in [2.45, 2.75) is 20.0 Å². The molecule has 0 aliphatic rings. The molecule has 0 bridgehead atoms. The maximum atomic E-state index is 12.2. The van der Waals surface area contributed by atoms with E-state index in [4.69, 9.17) is 0 Å². The Morgan fingerprint density at radius 2 is 2.00 bits per heavy atom. The second kappa shape index (κ2) is 5.82. The average molecular weight is 312 g/mol. The molecule has 1 heterocycles. The first-order valence-corrected chi connectivity index (χ1v) is 6.52. The third-order valence-corrected chi connectivity index (χ3v) is 3.33. The van der Waals surface area contributed by atoms with E-state index in [1.807, 2.05) is 13.8 Å². The number of rotatable bonds is 4. The summed E-state index contributed by atoms with van der Waals surface area (Å²) in [6.45, 7) is 2.28. The molecule has 4 nitrogen and oxygen atoms in total. The number of aldehydes is 1. The van der Waals surface area contributed by atoms with Gasteiger partial charge in [0, 0.05) is 18.3 Å². The Morgan fingerprint density at radius 1 is 1.32 bits per heavy atom. The van der Waals surface area contributed by atoms with Crippen LogP contribution in [-0.4, -0.2) is 28.8 Å². The molecule has 0 radical (unpaired) electrons. The Morgan fingerprint density at radius 3 is 2.50 bits per heavy atom. The van der Waals surface area contributed by atoms with Crippen LogP contribution in [0.15, 0.2) is 18.2 Å². The first-order chi connectivity index (χ1) is 10.2. The minimum atomic E-state index is -4.45. The predicted molar refractivity (Wildman–Crippen MR) is 75.1 cm³/mol. The molecule has 0 fully saturated rings. The fourth-order valence-electron chi connectivity index (χ4n) is 2.28. The molecule has 0 saturated heterocycles. The number of aromatic nitrogens is 2. The van der Waals surface area contributed by atoms with Crippen molar-refractivity contribution in [1.29, 1.82) is 0 Å². The second-order valence-corrected chi connectivity index (χ2v) is 4.94. The van der Waals surface area contributed by atoms with Crippen LogP contribution in [0.5, 0.6) is 5.75 Å². The fraction of sp³-hybridized carbons (Fsp3) is 0.333. The molecule has 1 aromatic heterocycles. The van der Waals surface area contributed by atoms with Crippen molar-refractivity contribution in [2.24, 2.45) is 7.05 Å². The average Bonchev–Trinajstić information content (AvgIpc) is 2.69. The minimum Gasteiger partial charge on any atom is -0.483 e. The molecule has 1 aromatic carbocycles. The van der Waals surface area contributed by atoms with Gasteiger partial charge in [0.1, 0.15) is 5.75 Å². The number of carbonyl (C=O) groups excluding carboxylic acids is 1. The molecule has 0 amide bonds. The lowest BCUT2D eigenvalue weighted by Gasteiger charge is -2.12. The van der Waals surface area contributed by atoms with E-state index in [0.717, 1.165) is 17.0 Å². The number of aryl methyl sites for hydroxylation is 2. The number of hydrogen-bond donors (Lipinski definition) is 0. The van der Waals surface area contributed by atoms with E-state index >= 15 is 0 Å². The summed E-state index contributed by atoms with van der Waals surface area (Å²) >= 11 is 0. The molecule has 118 valence electrons. The van der Waals surface area contributed by atoms with Crippen LogP contribution in [0.1, 0.15) is 21.7 Å². The standard InChI is InChI=1S/C15H15F3N2O2/c1-9-14(10(2)20(3)19-9)11-4-5-13(12(6-11)7-21)22-8-15(16,17)18/h4-7H,8H2,1-3H3. The summed E-state index contributed by atoms with van der Waals surface area (Å²) in [4.78, 5) is 11.1. The van der Waals surface area contributed by atoms with Crippen molar-refractivity contribution in [2.75, 3.05) is 6.61 Å². The number of halogens is 3. The van der Waals surface area contributed by atoms with E-state index in [9.17, 15) is 18.0 Å². The van der Waals surface area contributed by atoms with Gasteiger partial charge < -0.3 is 4.74 Å². The van der Waals surface area contributed by atoms with Gasteiger partial charge in [-0.2, -0.15) is 18.3 Å². The van der Waals surface area contributed by atoms with E-state index in [2.05, 4.69) is 9.84 Å². The third kappa shape index (κ3) is 3.29. The van der Waals surface area contributed by atoms with Gasteiger partial charge in [-0.25, -0.2) is 0 Å². The molecule has 22 heavy (non-hydrogen) atoms. The summed E-state index contributed by atoms with van der Waals surface area (Å²) in [5.41, 5.74) is 3.32. The van der Waals surface area contributed by atoms with Gasteiger partial charge in [-0.05, 0) is 31.5 Å². The summed E-state index contributed by atoms with van der Waals surface area (Å²) in [5, 5.41) is 4.28. The largest absolute Gasteiger partial charge is 0.483 e. The molecular formula is C15H15F3N2O2. The Labute approximate surface area is 125 Å². The third-order valence-electron chi connectivity index (χ3n) is 3.33. The van der Waals surface area contributed by atoms with E-state index in [-0.39, 0.29) is 11.3 Å². The van der Waals surface area contributed by atoms with Crippen LogP contribution < -0.4 is 4.74 Å². The number of alkyl halides is 3. The molecule has 2 rings (SSSR count). The number of ether oxygens (including phenoxy) is 1. The maximum absolute atomic E-state index is 12.2. The van der Waals surface area contributed by atoms with Crippen molar-refractivity contribution in [3.05, 3.63) is 35.2 Å². The van der Waals surface area contributed by atoms with Crippen LogP contribution in [-0.2, 0) is 7.05 Å². The van der Waals surface area contributed by atoms with Gasteiger partial charge in [-0.3, -0.25) is 9.48 Å². The number of carbonyl (C=O) groups is 1. The summed E-state index contributed by atoms with van der Waals surface area (Å²) in [6, 6.07) is 4.50. The zero-order chi connectivity index (χ0) is 16.5. The normalized spacial score (nSPS) is 11.5. The molecule has 0 N–H and O–H groups in total. The highest BCUT2D eigenvalue weighted by Gasteiger charge is 2.29. The monoisotopic (exact) mass is 312 g/mol. The minimum absolute atomic E-state index is 0.0735. The molecular weight excluding hydrogens is 297 g/mol. The molecule has 0 saturated carbocycles. The molecule has 0 unspecified atom stereocenters. The zero-order valence-corrected chi connectivity index (χ0v) is 12.4. The van der Waals surface area contributed by atoms with Gasteiger partial charge in [0.15, 0.2) is 12.9 Å². The first kappa shape index (κ1) is 16.1. The summed E-state index contributed by atoms with van der Waals surface area (Å²) in [5.74, 6) is -0.0877. The molecule has 0 aliphatic heterocycles. The molecule has 2 aromatic rings. The molecule has 7 heteroatoms. The highest BCUT2D eigenvalue weighted by molar-refractivity contribution is 5.83. The van der Waals surface area contributed by atoms with Crippen molar-refractivity contribution >= 4 is 6.29 Å². The van der Waals surface area contributed by atoms with Crippen LogP contribution in [0.3, 0.4) is 0 Å². The van der Waals surface area contributed by atoms with Crippen molar-refractivity contribution < 1.29 is 22.7 Å². The Bertz CT molecular complexity index is 706. The van der Waals surface area contributed by atoms with Gasteiger partial charge in [0.2, 0.25) is 0 Å². The number of nitrogens with zero attached hydrogens (tertiary/aromatic N) is 2. The topological polar surface area (TPSA) is 44.1 Å². The van der Waals surface area contributed by atoms with Crippen LogP contribution in [0.25, 0.3) is 11.1 Å². The lowest BCUT2D eigenvalue weighted by molar-refractivity contribution is -0.153. The van der Waals surface area contributed by atoms with Crippen molar-refractivity contribution in [3.63, 3.8) is 0 Å². The maximum Gasteiger partial charge on any atom is 0.422 e. The second-order valence-electron chi connectivity index (χ2n) is 4.94. The number of hydrogen-bond acceptors (Lipinski definition) is 3. The van der Waals surface area contributed by atoms with Crippen LogP contribution in [0, 0.1) is 13.8 Å². The van der Waals surface area contributed by atoms with Crippen molar-refractivity contribution in [3.8, 4) is 16.9 Å². The van der Waals surface area contributed by atoms with Gasteiger partial charge in [-0.1, -0.05) is 6.07 Å². The van der Waals surface area contributed by atoms with E-state index in [1.165, 1.54) is 12.1 Å². The first-order valence-electron chi connectivity index (χ1n) is 6.52. The summed E-state index contributed by atoms with van der Waals surface area (Å²) in [7, 11) is 1.80. The highest BCUT2D eigenvalue weighted by atomic mass is 19.4. The van der Waals surface area contributed by atoms with E-state index < -0.39 is 12.8 Å². The SMILES string of the molecule is Cc1nn(C)c(C)c1-c1ccc(OCC(F)(F)F)c(C=O)c1. The van der Waals surface area contributed by atoms with Crippen LogP contribution >= 0.6 is 0 Å². The quantitative estimate of drug-likeness (QED) is 0.812. The Hall–Kier alpha value is -2.31. The molecule has 0 atom stereocenters. The van der Waals surface area contributed by atoms with Crippen LogP contribution in [0.2, 0.25) is 0 Å². The lowest BCUT2D eigenvalue weighted by atomic mass is 10.0. The van der Waals surface area contributed by atoms with Crippen molar-refractivity contribution in [1.82, 2.24) is 9.78 Å². The molecule has 0 aliphatic carbocycles. The van der Waals surface area contributed by atoms with E-state index in [1.54, 1.807) is 17.8 Å². The van der Waals surface area contributed by atoms with Gasteiger partial charge >= 0.3 is 6.18 Å². The molecule has 0 spiro atoms. The van der Waals surface area contributed by atoms with Gasteiger partial charge in [0.05, 0.1) is 11.3 Å². The fourth-order valence-corrected chi connectivity index (χ4v) is 2.28. The summed E-state index contributed by atoms with van der Waals surface area (Å²) < 4.78 is 43.0. The lowest BCUT2D eigenvalue weighted by Crippen LogP contribution is -2.19. The Balaban J connectivity index is 2.39. The highest BCUT2D eigenvalue weighted by Crippen LogP contribution is 2.30. The van der Waals surface area contributed by atoms with E-state index in [0.29, 0.717) is 11.8 Å². The smallest absolute Gasteiger partial charge is 0.422 e. The summed E-state index contributed by atoms with van der Waals surface area (Å²) in [6.07, 6.45) is -3.97. The zero-order valence-electron chi connectivity index (χ0n) is 12.4. The Kier molecular flexibility index (Phi) is 4.25. The number of benzene rings is 1. The predicted octanol–water partition coefficient (Wildman–Crippen LogP) is 3.46. The van der Waals surface area contributed by atoms with Gasteiger partial charge in [-0.15, -0.1) is 0 Å². The van der Waals surface area contributed by atoms with Crippen LogP contribution in [0.4, 0.5) is 13.2 Å².